The van der Waals surface area contributed by atoms with E-state index in [1.165, 1.54) is 4.31 Å². The van der Waals surface area contributed by atoms with Crippen molar-refractivity contribution in [2.45, 2.75) is 39.2 Å². The highest BCUT2D eigenvalue weighted by molar-refractivity contribution is 7.89. The van der Waals surface area contributed by atoms with Crippen LogP contribution in [0.5, 0.6) is 0 Å². The zero-order chi connectivity index (χ0) is 19.0. The Morgan fingerprint density at radius 3 is 2.93 bits per heavy atom. The second-order valence-electron chi connectivity index (χ2n) is 7.07. The number of amides is 1. The number of carbonyl (C=O) groups is 1. The molecular weight excluding hydrogens is 366 g/mol. The molecule has 1 atom stereocenters. The van der Waals surface area contributed by atoms with Gasteiger partial charge in [0.25, 0.3) is 0 Å². The molecule has 0 saturated heterocycles. The summed E-state index contributed by atoms with van der Waals surface area (Å²) in [7, 11) is -3.21. The fourth-order valence-corrected chi connectivity index (χ4v) is 4.93. The fraction of sp³-hybridized carbons (Fsp3) is 0.500. The van der Waals surface area contributed by atoms with Gasteiger partial charge in [0.15, 0.2) is 0 Å². The van der Waals surface area contributed by atoms with Gasteiger partial charge in [-0.1, -0.05) is 12.1 Å². The van der Waals surface area contributed by atoms with E-state index in [1.54, 1.807) is 6.92 Å². The molecule has 0 bridgehead atoms. The SMILES string of the molecule is CCS(=O)(=O)N1CCc2c(cccc2NC(=O)C2CCc3n[nH]nc3C2)C1. The maximum Gasteiger partial charge on any atom is 0.227 e. The van der Waals surface area contributed by atoms with Crippen molar-refractivity contribution in [1.29, 1.82) is 0 Å². The Labute approximate surface area is 158 Å². The lowest BCUT2D eigenvalue weighted by molar-refractivity contribution is -0.120. The van der Waals surface area contributed by atoms with Gasteiger partial charge in [0.1, 0.15) is 0 Å². The Kier molecular flexibility index (Phi) is 4.73. The number of sulfonamides is 1. The van der Waals surface area contributed by atoms with Gasteiger partial charge in [0.05, 0.1) is 17.1 Å². The molecule has 1 aliphatic heterocycles. The van der Waals surface area contributed by atoms with Crippen molar-refractivity contribution in [2.75, 3.05) is 17.6 Å². The lowest BCUT2D eigenvalue weighted by Crippen LogP contribution is -2.37. The molecule has 9 heteroatoms. The first-order valence-electron chi connectivity index (χ1n) is 9.26. The van der Waals surface area contributed by atoms with Gasteiger partial charge in [-0.25, -0.2) is 8.42 Å². The summed E-state index contributed by atoms with van der Waals surface area (Å²) in [6, 6.07) is 5.70. The summed E-state index contributed by atoms with van der Waals surface area (Å²) in [6.45, 7) is 2.47. The van der Waals surface area contributed by atoms with Gasteiger partial charge in [-0.3, -0.25) is 4.79 Å². The van der Waals surface area contributed by atoms with Crippen molar-refractivity contribution in [1.82, 2.24) is 19.7 Å². The molecule has 0 spiro atoms. The van der Waals surface area contributed by atoms with E-state index in [4.69, 9.17) is 0 Å². The van der Waals surface area contributed by atoms with Crippen LogP contribution in [0.3, 0.4) is 0 Å². The summed E-state index contributed by atoms with van der Waals surface area (Å²) in [6.07, 6.45) is 2.70. The monoisotopic (exact) mass is 389 g/mol. The molecule has 8 nitrogen and oxygen atoms in total. The number of rotatable bonds is 4. The summed E-state index contributed by atoms with van der Waals surface area (Å²) in [4.78, 5) is 12.8. The van der Waals surface area contributed by atoms with E-state index in [1.807, 2.05) is 18.2 Å². The van der Waals surface area contributed by atoms with Crippen molar-refractivity contribution in [3.8, 4) is 0 Å². The topological polar surface area (TPSA) is 108 Å². The molecule has 0 saturated carbocycles. The molecule has 1 amide bonds. The van der Waals surface area contributed by atoms with Gasteiger partial charge >= 0.3 is 0 Å². The highest BCUT2D eigenvalue weighted by Crippen LogP contribution is 2.29. The van der Waals surface area contributed by atoms with Crippen molar-refractivity contribution in [2.24, 2.45) is 5.92 Å². The van der Waals surface area contributed by atoms with Crippen molar-refractivity contribution >= 4 is 21.6 Å². The van der Waals surface area contributed by atoms with E-state index in [2.05, 4.69) is 20.7 Å². The van der Waals surface area contributed by atoms with E-state index in [9.17, 15) is 13.2 Å². The molecule has 4 rings (SSSR count). The molecule has 1 unspecified atom stereocenters. The van der Waals surface area contributed by atoms with Gasteiger partial charge in [0, 0.05) is 31.1 Å². The van der Waals surface area contributed by atoms with Gasteiger partial charge in [-0.15, -0.1) is 0 Å². The molecule has 1 aromatic heterocycles. The van der Waals surface area contributed by atoms with Crippen LogP contribution in [-0.2, 0) is 40.6 Å². The second-order valence-corrected chi connectivity index (χ2v) is 9.33. The van der Waals surface area contributed by atoms with E-state index in [-0.39, 0.29) is 17.6 Å². The van der Waals surface area contributed by atoms with Crippen LogP contribution in [0.2, 0.25) is 0 Å². The highest BCUT2D eigenvalue weighted by atomic mass is 32.2. The number of nitrogens with one attached hydrogen (secondary N) is 2. The maximum absolute atomic E-state index is 12.8. The number of aromatic amines is 1. The van der Waals surface area contributed by atoms with Crippen LogP contribution in [-0.4, -0.2) is 46.3 Å². The lowest BCUT2D eigenvalue weighted by Gasteiger charge is -2.29. The molecule has 144 valence electrons. The molecule has 1 aliphatic carbocycles. The number of hydrogen-bond donors (Lipinski definition) is 2. The number of nitrogens with zero attached hydrogens (tertiary/aromatic N) is 3. The largest absolute Gasteiger partial charge is 0.326 e. The first kappa shape index (κ1) is 18.1. The zero-order valence-corrected chi connectivity index (χ0v) is 16.1. The molecule has 1 aromatic carbocycles. The number of fused-ring (bicyclic) bond motifs is 2. The third kappa shape index (κ3) is 3.49. The summed E-state index contributed by atoms with van der Waals surface area (Å²) in [5.41, 5.74) is 4.60. The predicted molar refractivity (Wildman–Crippen MR) is 101 cm³/mol. The van der Waals surface area contributed by atoms with E-state index < -0.39 is 10.0 Å². The normalized spacial score (nSPS) is 20.0. The zero-order valence-electron chi connectivity index (χ0n) is 15.2. The van der Waals surface area contributed by atoms with Crippen LogP contribution in [0.1, 0.15) is 35.9 Å². The number of aryl methyl sites for hydroxylation is 1. The Hall–Kier alpha value is -2.26. The fourth-order valence-electron chi connectivity index (χ4n) is 3.86. The van der Waals surface area contributed by atoms with Gasteiger partial charge in [0.2, 0.25) is 15.9 Å². The number of aromatic nitrogens is 3. The van der Waals surface area contributed by atoms with Gasteiger partial charge < -0.3 is 5.32 Å². The first-order valence-corrected chi connectivity index (χ1v) is 10.9. The minimum absolute atomic E-state index is 0.0133. The number of H-pyrrole nitrogens is 1. The average molecular weight is 389 g/mol. The highest BCUT2D eigenvalue weighted by Gasteiger charge is 2.29. The quantitative estimate of drug-likeness (QED) is 0.818. The second kappa shape index (κ2) is 7.05. The molecule has 0 radical (unpaired) electrons. The van der Waals surface area contributed by atoms with Crippen molar-refractivity contribution < 1.29 is 13.2 Å². The molecular formula is C18H23N5O3S. The Morgan fingerprint density at radius 1 is 1.30 bits per heavy atom. The summed E-state index contributed by atoms with van der Waals surface area (Å²) in [5, 5.41) is 13.9. The smallest absolute Gasteiger partial charge is 0.227 e. The van der Waals surface area contributed by atoms with Crippen molar-refractivity contribution in [3.63, 3.8) is 0 Å². The number of carbonyl (C=O) groups excluding carboxylic acids is 1. The molecule has 2 aromatic rings. The maximum atomic E-state index is 12.8. The Bertz CT molecular complexity index is 969. The number of hydrogen-bond acceptors (Lipinski definition) is 5. The lowest BCUT2D eigenvalue weighted by atomic mass is 9.89. The van der Waals surface area contributed by atoms with E-state index in [0.29, 0.717) is 25.9 Å². The van der Waals surface area contributed by atoms with E-state index >= 15 is 0 Å². The molecule has 0 fully saturated rings. The van der Waals surface area contributed by atoms with Crippen LogP contribution in [0.25, 0.3) is 0 Å². The third-order valence-electron chi connectivity index (χ3n) is 5.49. The third-order valence-corrected chi connectivity index (χ3v) is 7.32. The van der Waals surface area contributed by atoms with Crippen LogP contribution >= 0.6 is 0 Å². The van der Waals surface area contributed by atoms with Crippen LogP contribution in [0, 0.1) is 5.92 Å². The molecule has 2 N–H and O–H groups in total. The van der Waals surface area contributed by atoms with Gasteiger partial charge in [-0.05, 0) is 43.4 Å². The predicted octanol–water partition coefficient (Wildman–Crippen LogP) is 1.26. The minimum atomic E-state index is -3.21. The Morgan fingerprint density at radius 2 is 2.11 bits per heavy atom. The van der Waals surface area contributed by atoms with Crippen LogP contribution < -0.4 is 5.32 Å². The molecule has 2 aliphatic rings. The van der Waals surface area contributed by atoms with Gasteiger partial charge in [-0.2, -0.15) is 19.7 Å². The summed E-state index contributed by atoms with van der Waals surface area (Å²) < 4.78 is 25.8. The summed E-state index contributed by atoms with van der Waals surface area (Å²) in [5.74, 6) is -0.0375. The Balaban J connectivity index is 1.50. The number of benzene rings is 1. The van der Waals surface area contributed by atoms with E-state index in [0.717, 1.165) is 41.0 Å². The van der Waals surface area contributed by atoms with Crippen molar-refractivity contribution in [3.05, 3.63) is 40.7 Å². The average Bonchev–Trinajstić information content (AvgIpc) is 3.15. The first-order chi connectivity index (χ1) is 13.0. The molecule has 2 heterocycles. The minimum Gasteiger partial charge on any atom is -0.326 e. The summed E-state index contributed by atoms with van der Waals surface area (Å²) >= 11 is 0. The number of anilines is 1. The van der Waals surface area contributed by atoms with Crippen LogP contribution in [0.15, 0.2) is 18.2 Å². The van der Waals surface area contributed by atoms with Crippen LogP contribution in [0.4, 0.5) is 5.69 Å². The standard InChI is InChI=1S/C18H23N5O3S/c1-2-27(25,26)23-9-8-14-13(11-23)4-3-5-15(14)19-18(24)12-6-7-16-17(10-12)21-22-20-16/h3-5,12H,2,6-11H2,1H3,(H,19,24)(H,20,21,22). The molecule has 27 heavy (non-hydrogen) atoms.